The maximum atomic E-state index is 13.4. The average Bonchev–Trinajstić information content (AvgIpc) is 2.84. The zero-order valence-electron chi connectivity index (χ0n) is 19.0. The van der Waals surface area contributed by atoms with E-state index in [1.54, 1.807) is 47.8 Å². The first-order chi connectivity index (χ1) is 16.8. The maximum Gasteiger partial charge on any atom is 0.463 e. The lowest BCUT2D eigenvalue weighted by Gasteiger charge is -2.20. The number of nitrogens with zero attached hydrogens (tertiary/aromatic N) is 1. The zero-order chi connectivity index (χ0) is 26.7. The van der Waals surface area contributed by atoms with Crippen LogP contribution in [0.1, 0.15) is 11.1 Å². The van der Waals surface area contributed by atoms with Crippen LogP contribution in [0.25, 0.3) is 11.1 Å². The Kier molecular flexibility index (Phi) is 7.65. The third-order valence-corrected chi connectivity index (χ3v) is 6.68. The lowest BCUT2D eigenvalue weighted by Crippen LogP contribution is -2.47. The third-order valence-electron chi connectivity index (χ3n) is 5.21. The van der Waals surface area contributed by atoms with Gasteiger partial charge in [-0.1, -0.05) is 42.5 Å². The molecule has 0 atom stereocenters. The van der Waals surface area contributed by atoms with E-state index in [0.717, 1.165) is 0 Å². The second-order valence-electron chi connectivity index (χ2n) is 7.63. The van der Waals surface area contributed by atoms with E-state index in [1.807, 2.05) is 0 Å². The Hall–Kier alpha value is -3.58. The number of anilines is 2. The minimum absolute atomic E-state index is 0.0751. The van der Waals surface area contributed by atoms with Crippen LogP contribution in [-0.4, -0.2) is 38.5 Å². The maximum absolute atomic E-state index is 13.4. The Morgan fingerprint density at radius 2 is 1.61 bits per heavy atom. The summed E-state index contributed by atoms with van der Waals surface area (Å²) in [4.78, 5) is 15.7. The zero-order valence-corrected chi connectivity index (χ0v) is 19.8. The second kappa shape index (κ2) is 10.2. The van der Waals surface area contributed by atoms with Gasteiger partial charge in [-0.25, -0.2) is 18.1 Å². The number of sulfonamides is 1. The fraction of sp³-hybridized carbons (Fsp3) is 0.217. The molecule has 7 nitrogen and oxygen atoms in total. The van der Waals surface area contributed by atoms with Crippen molar-refractivity contribution in [2.75, 3.05) is 17.7 Å². The minimum atomic E-state index is -6.05. The van der Waals surface area contributed by atoms with E-state index < -0.39 is 28.0 Å². The van der Waals surface area contributed by atoms with Crippen LogP contribution in [0.4, 0.5) is 33.5 Å². The van der Waals surface area contributed by atoms with Crippen LogP contribution in [0.5, 0.6) is 0 Å². The molecule has 1 aromatic heterocycles. The number of benzene rings is 2. The smallest absolute Gasteiger partial charge is 0.364 e. The summed E-state index contributed by atoms with van der Waals surface area (Å²) in [5, 5.41) is 4.43. The van der Waals surface area contributed by atoms with Gasteiger partial charge in [-0.15, -0.1) is 0 Å². The van der Waals surface area contributed by atoms with Gasteiger partial charge in [0.15, 0.2) is 0 Å². The minimum Gasteiger partial charge on any atom is -0.364 e. The van der Waals surface area contributed by atoms with E-state index in [1.165, 1.54) is 32.3 Å². The first kappa shape index (κ1) is 27.0. The summed E-state index contributed by atoms with van der Waals surface area (Å²) < 4.78 is 91.3. The van der Waals surface area contributed by atoms with Gasteiger partial charge in [-0.3, -0.25) is 4.79 Å². The van der Waals surface area contributed by atoms with Crippen molar-refractivity contribution in [1.82, 2.24) is 9.71 Å². The highest BCUT2D eigenvalue weighted by Gasteiger charge is 2.63. The van der Waals surface area contributed by atoms with Gasteiger partial charge in [0.25, 0.3) is 0 Å². The Morgan fingerprint density at radius 3 is 2.22 bits per heavy atom. The molecule has 13 heteroatoms. The molecule has 0 fully saturated rings. The number of hydrogen-bond donors (Lipinski definition) is 3. The monoisotopic (exact) mass is 528 g/mol. The first-order valence-electron chi connectivity index (χ1n) is 10.4. The predicted molar refractivity (Wildman–Crippen MR) is 124 cm³/mol. The lowest BCUT2D eigenvalue weighted by molar-refractivity contribution is -0.267. The largest absolute Gasteiger partial charge is 0.463 e. The summed E-state index contributed by atoms with van der Waals surface area (Å²) >= 11 is 0. The third kappa shape index (κ3) is 5.62. The van der Waals surface area contributed by atoms with Crippen molar-refractivity contribution >= 4 is 27.4 Å². The van der Waals surface area contributed by atoms with Gasteiger partial charge in [0.1, 0.15) is 5.82 Å². The van der Waals surface area contributed by atoms with Crippen molar-refractivity contribution < 1.29 is 35.2 Å². The Morgan fingerprint density at radius 1 is 0.972 bits per heavy atom. The Bertz CT molecular complexity index is 1360. The van der Waals surface area contributed by atoms with E-state index in [0.29, 0.717) is 16.7 Å². The quantitative estimate of drug-likeness (QED) is 0.368. The average molecular weight is 529 g/mol. The van der Waals surface area contributed by atoms with Crippen molar-refractivity contribution in [2.45, 2.75) is 30.5 Å². The fourth-order valence-corrected chi connectivity index (χ4v) is 4.16. The van der Waals surface area contributed by atoms with Crippen LogP contribution in [0, 0.1) is 6.92 Å². The number of hydrogen-bond acceptors (Lipinski definition) is 5. The van der Waals surface area contributed by atoms with Crippen LogP contribution in [0.2, 0.25) is 0 Å². The lowest BCUT2D eigenvalue weighted by atomic mass is 10.0. The van der Waals surface area contributed by atoms with Crippen molar-refractivity contribution in [1.29, 1.82) is 0 Å². The number of pyridine rings is 1. The summed E-state index contributed by atoms with van der Waals surface area (Å²) in [7, 11) is -2.39. The van der Waals surface area contributed by atoms with Gasteiger partial charge in [0.05, 0.1) is 10.6 Å². The van der Waals surface area contributed by atoms with Gasteiger partial charge < -0.3 is 10.6 Å². The highest BCUT2D eigenvalue weighted by atomic mass is 32.2. The molecular weight excluding hydrogens is 507 g/mol. The number of rotatable bonds is 8. The molecule has 36 heavy (non-hydrogen) atoms. The molecule has 0 aliphatic heterocycles. The number of aryl methyl sites for hydroxylation is 1. The molecular formula is C23H21F5N4O3S. The molecule has 192 valence electrons. The Labute approximate surface area is 203 Å². The van der Waals surface area contributed by atoms with Crippen molar-refractivity contribution in [3.63, 3.8) is 0 Å². The number of carbonyl (C=O) groups is 1. The number of alkyl halides is 5. The number of amides is 1. The van der Waals surface area contributed by atoms with Crippen molar-refractivity contribution in [3.8, 4) is 11.1 Å². The second-order valence-corrected chi connectivity index (χ2v) is 9.49. The topological polar surface area (TPSA) is 100 Å². The molecule has 3 aromatic rings. The van der Waals surface area contributed by atoms with E-state index in [-0.39, 0.29) is 28.5 Å². The summed E-state index contributed by atoms with van der Waals surface area (Å²) in [5.74, 6) is -8.20. The van der Waals surface area contributed by atoms with Crippen molar-refractivity contribution in [2.24, 2.45) is 0 Å². The predicted octanol–water partition coefficient (Wildman–Crippen LogP) is 4.71. The summed E-state index contributed by atoms with van der Waals surface area (Å²) in [6.07, 6.45) is -4.74. The van der Waals surface area contributed by atoms with Gasteiger partial charge >= 0.3 is 18.0 Å². The molecule has 0 aliphatic rings. The molecule has 3 rings (SSSR count). The van der Waals surface area contributed by atoms with Crippen LogP contribution >= 0.6 is 0 Å². The van der Waals surface area contributed by atoms with Gasteiger partial charge in [0.2, 0.25) is 10.0 Å². The van der Waals surface area contributed by atoms with Crippen LogP contribution in [0.3, 0.4) is 0 Å². The molecule has 0 saturated carbocycles. The summed E-state index contributed by atoms with van der Waals surface area (Å²) in [5.41, 5.74) is 1.66. The van der Waals surface area contributed by atoms with E-state index in [9.17, 15) is 35.2 Å². The number of nitrogens with one attached hydrogen (secondary N) is 3. The van der Waals surface area contributed by atoms with E-state index in [2.05, 4.69) is 15.0 Å². The van der Waals surface area contributed by atoms with Crippen LogP contribution in [-0.2, 0) is 21.4 Å². The first-order valence-corrected chi connectivity index (χ1v) is 11.8. The molecule has 0 saturated heterocycles. The number of carbonyl (C=O) groups excluding carboxylic acids is 1. The fourth-order valence-electron chi connectivity index (χ4n) is 3.21. The van der Waals surface area contributed by atoms with Gasteiger partial charge in [-0.05, 0) is 42.8 Å². The molecule has 0 spiro atoms. The number of aromatic nitrogens is 1. The SMILES string of the molecule is CNS(=O)(=O)c1ccccc1-c1ccc(CNc2nccc(C)c2NC(=O)C(F)(F)C(F)(F)F)cc1. The van der Waals surface area contributed by atoms with Gasteiger partial charge in [-0.2, -0.15) is 22.0 Å². The number of halogens is 5. The molecule has 2 aromatic carbocycles. The molecule has 1 amide bonds. The van der Waals surface area contributed by atoms with E-state index in [4.69, 9.17) is 0 Å². The highest BCUT2D eigenvalue weighted by molar-refractivity contribution is 7.89. The molecule has 0 bridgehead atoms. The molecule has 0 aliphatic carbocycles. The van der Waals surface area contributed by atoms with Gasteiger partial charge in [0, 0.05) is 18.3 Å². The summed E-state index contributed by atoms with van der Waals surface area (Å²) in [6.45, 7) is 1.49. The molecule has 1 heterocycles. The van der Waals surface area contributed by atoms with Crippen LogP contribution in [0.15, 0.2) is 65.7 Å². The highest BCUT2D eigenvalue weighted by Crippen LogP contribution is 2.37. The van der Waals surface area contributed by atoms with Crippen molar-refractivity contribution in [3.05, 3.63) is 71.9 Å². The molecule has 0 radical (unpaired) electrons. The Balaban J connectivity index is 1.80. The normalized spacial score (nSPS) is 12.3. The molecule has 0 unspecified atom stereocenters. The standard InChI is InChI=1S/C23H21F5N4O3S/c1-14-11-12-30-20(19(14)32-21(33)22(24,25)23(26,27)28)31-13-15-7-9-16(10-8-15)17-5-3-4-6-18(17)36(34,35)29-2/h3-12,29H,13H2,1-2H3,(H,30,31)(H,32,33). The molecule has 3 N–H and O–H groups in total. The van der Waals surface area contributed by atoms with E-state index >= 15 is 0 Å². The summed E-state index contributed by atoms with van der Waals surface area (Å²) in [6, 6.07) is 14.5. The van der Waals surface area contributed by atoms with Crippen LogP contribution < -0.4 is 15.4 Å².